The van der Waals surface area contributed by atoms with Crippen LogP contribution >= 0.6 is 0 Å². The lowest BCUT2D eigenvalue weighted by Crippen LogP contribution is -2.52. The van der Waals surface area contributed by atoms with Crippen molar-refractivity contribution in [3.63, 3.8) is 0 Å². The molecule has 1 aromatic rings. The number of carbonyl (C=O) groups is 1. The van der Waals surface area contributed by atoms with Crippen LogP contribution in [-0.2, 0) is 11.3 Å². The Balaban J connectivity index is 1.46. The molecule has 2 aliphatic heterocycles. The van der Waals surface area contributed by atoms with E-state index in [4.69, 9.17) is 0 Å². The van der Waals surface area contributed by atoms with Crippen molar-refractivity contribution in [2.45, 2.75) is 63.7 Å². The van der Waals surface area contributed by atoms with Crippen molar-refractivity contribution in [1.82, 2.24) is 21.1 Å². The predicted octanol–water partition coefficient (Wildman–Crippen LogP) is 1.80. The Hall–Kier alpha value is -1.43. The van der Waals surface area contributed by atoms with E-state index in [2.05, 4.69) is 58.3 Å². The number of piperidine rings is 1. The number of hydrazine groups is 1. The molecule has 3 unspecified atom stereocenters. The zero-order valence-corrected chi connectivity index (χ0v) is 14.6. The molecule has 3 atom stereocenters. The molecule has 24 heavy (non-hydrogen) atoms. The van der Waals surface area contributed by atoms with Crippen LogP contribution < -0.4 is 16.2 Å². The van der Waals surface area contributed by atoms with Gasteiger partial charge in [-0.05, 0) is 37.8 Å². The third-order valence-corrected chi connectivity index (χ3v) is 5.04. The minimum absolute atomic E-state index is 0.0916. The van der Waals surface area contributed by atoms with Crippen LogP contribution in [0.1, 0.15) is 44.6 Å². The molecule has 2 fully saturated rings. The summed E-state index contributed by atoms with van der Waals surface area (Å²) in [5.74, 6) is 0.146. The van der Waals surface area contributed by atoms with Crippen molar-refractivity contribution >= 4 is 5.91 Å². The van der Waals surface area contributed by atoms with Gasteiger partial charge in [0.25, 0.3) is 0 Å². The van der Waals surface area contributed by atoms with Gasteiger partial charge in [0.1, 0.15) is 6.04 Å². The maximum Gasteiger partial charge on any atom is 0.238 e. The van der Waals surface area contributed by atoms with Crippen LogP contribution in [0.2, 0.25) is 0 Å². The highest BCUT2D eigenvalue weighted by Gasteiger charge is 2.30. The Labute approximate surface area is 145 Å². The van der Waals surface area contributed by atoms with Crippen molar-refractivity contribution in [2.24, 2.45) is 0 Å². The number of rotatable bonds is 6. The van der Waals surface area contributed by atoms with Gasteiger partial charge in [0, 0.05) is 25.2 Å². The number of likely N-dealkylation sites (tertiary alicyclic amines) is 1. The molecule has 2 aliphatic rings. The van der Waals surface area contributed by atoms with Gasteiger partial charge in [-0.25, -0.2) is 5.43 Å². The Morgan fingerprint density at radius 2 is 2.12 bits per heavy atom. The number of amides is 1. The second-order valence-corrected chi connectivity index (χ2v) is 7.13. The van der Waals surface area contributed by atoms with Crippen molar-refractivity contribution in [2.75, 3.05) is 13.1 Å². The van der Waals surface area contributed by atoms with E-state index in [1.54, 1.807) is 0 Å². The predicted molar refractivity (Wildman–Crippen MR) is 96.3 cm³/mol. The highest BCUT2D eigenvalue weighted by Crippen LogP contribution is 2.15. The standard InChI is InChI=1S/C19H30N4O/c1-2-7-16-12-18(22-21-16)19(24)20-17-10-6-11-23(14-17)13-15-8-4-3-5-9-15/h3-5,8-9,16-18,21-22H,2,6-7,10-14H2,1H3,(H,20,24). The molecule has 1 amide bonds. The first-order valence-corrected chi connectivity index (χ1v) is 9.32. The maximum atomic E-state index is 12.5. The summed E-state index contributed by atoms with van der Waals surface area (Å²) >= 11 is 0. The van der Waals surface area contributed by atoms with Crippen LogP contribution in [0.5, 0.6) is 0 Å². The van der Waals surface area contributed by atoms with E-state index < -0.39 is 0 Å². The molecule has 2 heterocycles. The summed E-state index contributed by atoms with van der Waals surface area (Å²) in [6, 6.07) is 11.2. The van der Waals surface area contributed by atoms with Gasteiger partial charge in [-0.2, -0.15) is 0 Å². The quantitative estimate of drug-likeness (QED) is 0.744. The van der Waals surface area contributed by atoms with E-state index in [-0.39, 0.29) is 18.0 Å². The zero-order valence-electron chi connectivity index (χ0n) is 14.6. The summed E-state index contributed by atoms with van der Waals surface area (Å²) in [6.45, 7) is 5.20. The monoisotopic (exact) mass is 330 g/mol. The Morgan fingerprint density at radius 3 is 2.92 bits per heavy atom. The molecule has 5 heteroatoms. The maximum absolute atomic E-state index is 12.5. The summed E-state index contributed by atoms with van der Waals surface area (Å²) in [5, 5.41) is 3.26. The third-order valence-electron chi connectivity index (χ3n) is 5.04. The van der Waals surface area contributed by atoms with Gasteiger partial charge < -0.3 is 5.32 Å². The van der Waals surface area contributed by atoms with Gasteiger partial charge in [0.15, 0.2) is 0 Å². The average molecular weight is 330 g/mol. The molecule has 0 saturated carbocycles. The van der Waals surface area contributed by atoms with Crippen molar-refractivity contribution < 1.29 is 4.79 Å². The van der Waals surface area contributed by atoms with Crippen molar-refractivity contribution in [1.29, 1.82) is 0 Å². The van der Waals surface area contributed by atoms with Crippen LogP contribution in [0.25, 0.3) is 0 Å². The number of hydrogen-bond donors (Lipinski definition) is 3. The van der Waals surface area contributed by atoms with E-state index in [9.17, 15) is 4.79 Å². The van der Waals surface area contributed by atoms with Gasteiger partial charge in [0.2, 0.25) is 5.91 Å². The largest absolute Gasteiger partial charge is 0.351 e. The van der Waals surface area contributed by atoms with Gasteiger partial charge in [0.05, 0.1) is 0 Å². The van der Waals surface area contributed by atoms with E-state index in [0.717, 1.165) is 51.7 Å². The number of nitrogens with one attached hydrogen (secondary N) is 3. The summed E-state index contributed by atoms with van der Waals surface area (Å²) in [4.78, 5) is 14.9. The number of benzene rings is 1. The molecule has 5 nitrogen and oxygen atoms in total. The third kappa shape index (κ3) is 4.79. The number of carbonyl (C=O) groups excluding carboxylic acids is 1. The van der Waals surface area contributed by atoms with Gasteiger partial charge in [-0.1, -0.05) is 43.7 Å². The number of hydrogen-bond acceptors (Lipinski definition) is 4. The molecule has 1 aromatic carbocycles. The van der Waals surface area contributed by atoms with E-state index in [1.165, 1.54) is 5.56 Å². The highest BCUT2D eigenvalue weighted by molar-refractivity contribution is 5.82. The second kappa shape index (κ2) is 8.60. The first-order chi connectivity index (χ1) is 11.7. The first kappa shape index (κ1) is 17.4. The Morgan fingerprint density at radius 1 is 1.29 bits per heavy atom. The van der Waals surface area contributed by atoms with Crippen LogP contribution in [0.4, 0.5) is 0 Å². The summed E-state index contributed by atoms with van der Waals surface area (Å²) in [6.07, 6.45) is 5.37. The minimum Gasteiger partial charge on any atom is -0.351 e. The van der Waals surface area contributed by atoms with E-state index in [1.807, 2.05) is 0 Å². The molecular weight excluding hydrogens is 300 g/mol. The molecule has 0 aliphatic carbocycles. The molecular formula is C19H30N4O. The Kier molecular flexibility index (Phi) is 6.24. The van der Waals surface area contributed by atoms with Crippen molar-refractivity contribution in [3.05, 3.63) is 35.9 Å². The molecule has 3 rings (SSSR count). The molecule has 0 spiro atoms. The molecule has 3 N–H and O–H groups in total. The highest BCUT2D eigenvalue weighted by atomic mass is 16.2. The van der Waals surface area contributed by atoms with E-state index in [0.29, 0.717) is 6.04 Å². The van der Waals surface area contributed by atoms with Gasteiger partial charge >= 0.3 is 0 Å². The molecule has 132 valence electrons. The fourth-order valence-electron chi connectivity index (χ4n) is 3.79. The Bertz CT molecular complexity index is 521. The van der Waals surface area contributed by atoms with Crippen molar-refractivity contribution in [3.8, 4) is 0 Å². The normalized spacial score (nSPS) is 28.0. The first-order valence-electron chi connectivity index (χ1n) is 9.32. The molecule has 2 saturated heterocycles. The fourth-order valence-corrected chi connectivity index (χ4v) is 3.79. The summed E-state index contributed by atoms with van der Waals surface area (Å²) in [7, 11) is 0. The number of nitrogens with zero attached hydrogens (tertiary/aromatic N) is 1. The smallest absolute Gasteiger partial charge is 0.238 e. The summed E-state index contributed by atoms with van der Waals surface area (Å²) in [5.41, 5.74) is 7.74. The minimum atomic E-state index is -0.0916. The second-order valence-electron chi connectivity index (χ2n) is 7.13. The summed E-state index contributed by atoms with van der Waals surface area (Å²) < 4.78 is 0. The molecule has 0 bridgehead atoms. The fraction of sp³-hybridized carbons (Fsp3) is 0.632. The molecule has 0 aromatic heterocycles. The topological polar surface area (TPSA) is 56.4 Å². The van der Waals surface area contributed by atoms with Crippen LogP contribution in [-0.4, -0.2) is 42.0 Å². The lowest BCUT2D eigenvalue weighted by Gasteiger charge is -2.33. The van der Waals surface area contributed by atoms with Crippen LogP contribution in [0.15, 0.2) is 30.3 Å². The van der Waals surface area contributed by atoms with Gasteiger partial charge in [-0.15, -0.1) is 0 Å². The van der Waals surface area contributed by atoms with Crippen LogP contribution in [0.3, 0.4) is 0 Å². The molecule has 0 radical (unpaired) electrons. The van der Waals surface area contributed by atoms with E-state index >= 15 is 0 Å². The lowest BCUT2D eigenvalue weighted by molar-refractivity contribution is -0.124. The lowest BCUT2D eigenvalue weighted by atomic mass is 10.0. The van der Waals surface area contributed by atoms with Crippen LogP contribution in [0, 0.1) is 0 Å². The SMILES string of the molecule is CCCC1CC(C(=O)NC2CCCN(Cc3ccccc3)C2)NN1. The average Bonchev–Trinajstić information content (AvgIpc) is 3.05. The van der Waals surface area contributed by atoms with Gasteiger partial charge in [-0.3, -0.25) is 15.1 Å². The zero-order chi connectivity index (χ0) is 16.8.